The highest BCUT2D eigenvalue weighted by Crippen LogP contribution is 2.38. The maximum Gasteiger partial charge on any atom is 0.338 e. The Morgan fingerprint density at radius 1 is 1.03 bits per heavy atom. The summed E-state index contributed by atoms with van der Waals surface area (Å²) in [5, 5.41) is 6.33. The van der Waals surface area contributed by atoms with E-state index in [9.17, 15) is 9.59 Å². The number of rotatable bonds is 10. The van der Waals surface area contributed by atoms with Crippen LogP contribution in [0.5, 0.6) is 11.5 Å². The van der Waals surface area contributed by atoms with Crippen LogP contribution in [0.25, 0.3) is 6.08 Å². The van der Waals surface area contributed by atoms with Crippen molar-refractivity contribution in [1.29, 1.82) is 0 Å². The van der Waals surface area contributed by atoms with Gasteiger partial charge in [0, 0.05) is 0 Å². The van der Waals surface area contributed by atoms with Crippen molar-refractivity contribution in [2.45, 2.75) is 40.5 Å². The number of benzene rings is 2. The number of hydrazone groups is 1. The maximum absolute atomic E-state index is 13.3. The lowest BCUT2D eigenvalue weighted by Gasteiger charge is -2.14. The van der Waals surface area contributed by atoms with Gasteiger partial charge in [0.1, 0.15) is 0 Å². The fraction of sp³-hybridized carbons (Fsp3) is 0.346. The SMILES string of the molecule is CCCC1=NN(c2ccc(C(=O)OCC)cc2)C(=O)/C1=C/c1cc(Cl)c(OCC)c(OCC)c1. The van der Waals surface area contributed by atoms with E-state index in [1.165, 1.54) is 5.01 Å². The standard InChI is InChI=1S/C26H29ClN2O5/c1-5-9-22-20(14-17-15-21(27)24(33-7-3)23(16-17)32-6-2)25(30)29(28-22)19-12-10-18(11-13-19)26(31)34-8-4/h10-16H,5-9H2,1-4H3/b20-14+. The van der Waals surface area contributed by atoms with Gasteiger partial charge in [-0.25, -0.2) is 4.79 Å². The normalized spacial score (nSPS) is 14.4. The van der Waals surface area contributed by atoms with Gasteiger partial charge >= 0.3 is 5.97 Å². The summed E-state index contributed by atoms with van der Waals surface area (Å²) in [4.78, 5) is 25.3. The van der Waals surface area contributed by atoms with Crippen molar-refractivity contribution in [3.63, 3.8) is 0 Å². The summed E-state index contributed by atoms with van der Waals surface area (Å²) in [7, 11) is 0. The third-order valence-corrected chi connectivity index (χ3v) is 5.28. The molecule has 0 aromatic heterocycles. The molecule has 3 rings (SSSR count). The van der Waals surface area contributed by atoms with Crippen LogP contribution in [0, 0.1) is 0 Å². The van der Waals surface area contributed by atoms with Crippen LogP contribution in [0.2, 0.25) is 5.02 Å². The van der Waals surface area contributed by atoms with E-state index in [0.29, 0.717) is 70.9 Å². The Bertz CT molecular complexity index is 1110. The molecule has 0 saturated heterocycles. The fourth-order valence-corrected chi connectivity index (χ4v) is 3.81. The van der Waals surface area contributed by atoms with Crippen LogP contribution >= 0.6 is 11.6 Å². The summed E-state index contributed by atoms with van der Waals surface area (Å²) in [6.45, 7) is 8.74. The molecule has 0 unspecified atom stereocenters. The monoisotopic (exact) mass is 484 g/mol. The first-order valence-electron chi connectivity index (χ1n) is 11.4. The zero-order valence-corrected chi connectivity index (χ0v) is 20.6. The second kappa shape index (κ2) is 11.7. The van der Waals surface area contributed by atoms with Crippen molar-refractivity contribution in [2.24, 2.45) is 5.10 Å². The Labute approximate surface area is 204 Å². The molecule has 0 fully saturated rings. The Kier molecular flexibility index (Phi) is 8.71. The number of halogens is 1. The van der Waals surface area contributed by atoms with Gasteiger partial charge < -0.3 is 14.2 Å². The van der Waals surface area contributed by atoms with Crippen LogP contribution in [0.3, 0.4) is 0 Å². The van der Waals surface area contributed by atoms with Crippen molar-refractivity contribution >= 4 is 41.0 Å². The summed E-state index contributed by atoms with van der Waals surface area (Å²) in [6, 6.07) is 10.2. The van der Waals surface area contributed by atoms with Crippen LogP contribution in [-0.4, -0.2) is 37.4 Å². The van der Waals surface area contributed by atoms with Crippen molar-refractivity contribution < 1.29 is 23.8 Å². The van der Waals surface area contributed by atoms with Crippen LogP contribution in [0.4, 0.5) is 5.69 Å². The van der Waals surface area contributed by atoms with Crippen molar-refractivity contribution in [2.75, 3.05) is 24.8 Å². The number of carbonyl (C=O) groups is 2. The van der Waals surface area contributed by atoms with Crippen molar-refractivity contribution in [1.82, 2.24) is 0 Å². The lowest BCUT2D eigenvalue weighted by molar-refractivity contribution is -0.114. The molecule has 8 heteroatoms. The number of hydrogen-bond donors (Lipinski definition) is 0. The molecule has 2 aromatic rings. The predicted molar refractivity (Wildman–Crippen MR) is 134 cm³/mol. The molecule has 0 aliphatic carbocycles. The highest BCUT2D eigenvalue weighted by molar-refractivity contribution is 6.34. The number of hydrogen-bond acceptors (Lipinski definition) is 6. The van der Waals surface area contributed by atoms with Crippen LogP contribution in [-0.2, 0) is 9.53 Å². The molecule has 1 amide bonds. The highest BCUT2D eigenvalue weighted by atomic mass is 35.5. The van der Waals surface area contributed by atoms with Gasteiger partial charge in [-0.2, -0.15) is 10.1 Å². The summed E-state index contributed by atoms with van der Waals surface area (Å²) >= 11 is 6.46. The molecule has 1 heterocycles. The van der Waals surface area contributed by atoms with Gasteiger partial charge in [-0.15, -0.1) is 0 Å². The zero-order chi connectivity index (χ0) is 24.7. The first-order chi connectivity index (χ1) is 16.4. The molecular formula is C26H29ClN2O5. The van der Waals surface area contributed by atoms with E-state index >= 15 is 0 Å². The first-order valence-corrected chi connectivity index (χ1v) is 11.8. The average molecular weight is 485 g/mol. The molecule has 34 heavy (non-hydrogen) atoms. The van der Waals surface area contributed by atoms with E-state index in [2.05, 4.69) is 5.10 Å². The molecular weight excluding hydrogens is 456 g/mol. The average Bonchev–Trinajstić information content (AvgIpc) is 3.12. The van der Waals surface area contributed by atoms with E-state index in [0.717, 1.165) is 6.42 Å². The molecule has 0 bridgehead atoms. The van der Waals surface area contributed by atoms with Gasteiger partial charge in [0.05, 0.1) is 47.4 Å². The molecule has 0 saturated carbocycles. The molecule has 0 spiro atoms. The Hall–Kier alpha value is -3.32. The second-order valence-corrected chi connectivity index (χ2v) is 7.84. The summed E-state index contributed by atoms with van der Waals surface area (Å²) in [5.41, 5.74) is 2.86. The molecule has 0 N–H and O–H groups in total. The minimum absolute atomic E-state index is 0.254. The largest absolute Gasteiger partial charge is 0.490 e. The number of anilines is 1. The van der Waals surface area contributed by atoms with Gasteiger partial charge in [-0.3, -0.25) is 4.79 Å². The smallest absolute Gasteiger partial charge is 0.338 e. The van der Waals surface area contributed by atoms with Gasteiger partial charge in [0.25, 0.3) is 5.91 Å². The molecule has 2 aromatic carbocycles. The molecule has 1 aliphatic rings. The summed E-state index contributed by atoms with van der Waals surface area (Å²) in [5.74, 6) is 0.344. The number of nitrogens with zero attached hydrogens (tertiary/aromatic N) is 2. The zero-order valence-electron chi connectivity index (χ0n) is 19.9. The van der Waals surface area contributed by atoms with Crippen LogP contribution in [0.15, 0.2) is 47.1 Å². The summed E-state index contributed by atoms with van der Waals surface area (Å²) in [6.07, 6.45) is 3.24. The van der Waals surface area contributed by atoms with E-state index in [4.69, 9.17) is 25.8 Å². The minimum Gasteiger partial charge on any atom is -0.490 e. The lowest BCUT2D eigenvalue weighted by atomic mass is 10.0. The molecule has 180 valence electrons. The van der Waals surface area contributed by atoms with E-state index in [-0.39, 0.29) is 5.91 Å². The van der Waals surface area contributed by atoms with Crippen LogP contribution < -0.4 is 14.5 Å². The summed E-state index contributed by atoms with van der Waals surface area (Å²) < 4.78 is 16.4. The number of ether oxygens (including phenoxy) is 3. The predicted octanol–water partition coefficient (Wildman–Crippen LogP) is 5.90. The van der Waals surface area contributed by atoms with E-state index in [1.54, 1.807) is 49.4 Å². The van der Waals surface area contributed by atoms with Gasteiger partial charge in [-0.1, -0.05) is 24.9 Å². The third-order valence-electron chi connectivity index (χ3n) is 5.00. The van der Waals surface area contributed by atoms with Gasteiger partial charge in [0.15, 0.2) is 11.5 Å². The first kappa shape index (κ1) is 25.3. The van der Waals surface area contributed by atoms with Crippen molar-refractivity contribution in [3.05, 3.63) is 58.1 Å². The second-order valence-electron chi connectivity index (χ2n) is 7.44. The van der Waals surface area contributed by atoms with Crippen molar-refractivity contribution in [3.8, 4) is 11.5 Å². The molecule has 0 radical (unpaired) electrons. The molecule has 0 atom stereocenters. The Balaban J connectivity index is 1.96. The fourth-order valence-electron chi connectivity index (χ4n) is 3.54. The molecule has 1 aliphatic heterocycles. The third kappa shape index (κ3) is 5.59. The number of esters is 1. The Morgan fingerprint density at radius 3 is 2.35 bits per heavy atom. The number of amides is 1. The van der Waals surface area contributed by atoms with Crippen LogP contribution in [0.1, 0.15) is 56.5 Å². The molecule has 7 nitrogen and oxygen atoms in total. The highest BCUT2D eigenvalue weighted by Gasteiger charge is 2.31. The maximum atomic E-state index is 13.3. The van der Waals surface area contributed by atoms with E-state index < -0.39 is 5.97 Å². The minimum atomic E-state index is -0.407. The van der Waals surface area contributed by atoms with E-state index in [1.807, 2.05) is 20.8 Å². The van der Waals surface area contributed by atoms with Gasteiger partial charge in [-0.05, 0) is 75.2 Å². The number of carbonyl (C=O) groups excluding carboxylic acids is 2. The quantitative estimate of drug-likeness (QED) is 0.310. The van der Waals surface area contributed by atoms with Gasteiger partial charge in [0.2, 0.25) is 0 Å². The topological polar surface area (TPSA) is 77.4 Å². The lowest BCUT2D eigenvalue weighted by Crippen LogP contribution is -2.21. The Morgan fingerprint density at radius 2 is 1.74 bits per heavy atom.